The Hall–Kier alpha value is -0.290. The molecule has 2 rings (SSSR count). The molecule has 2 heterocycles. The zero-order chi connectivity index (χ0) is 8.23. The van der Waals surface area contributed by atoms with Gasteiger partial charge in [0.05, 0.1) is 0 Å². The van der Waals surface area contributed by atoms with Gasteiger partial charge in [-0.1, -0.05) is 11.3 Å². The third kappa shape index (κ3) is 2.10. The molecule has 0 aromatic carbocycles. The van der Waals surface area contributed by atoms with Crippen molar-refractivity contribution >= 4 is 28.2 Å². The Morgan fingerprint density at radius 2 is 2.25 bits per heavy atom. The van der Waals surface area contributed by atoms with E-state index in [0.717, 1.165) is 5.13 Å². The van der Waals surface area contributed by atoms with Crippen LogP contribution in [0, 0.1) is 0 Å². The highest BCUT2D eigenvalue weighted by Crippen LogP contribution is 2.21. The largest absolute Gasteiger partial charge is 0.357 e. The summed E-state index contributed by atoms with van der Waals surface area (Å²) in [5, 5.41) is 12.1. The molecule has 0 radical (unpaired) electrons. The molecule has 5 heteroatoms. The Morgan fingerprint density at radius 1 is 1.42 bits per heavy atom. The summed E-state index contributed by atoms with van der Waals surface area (Å²) in [7, 11) is 0. The lowest BCUT2D eigenvalue weighted by Crippen LogP contribution is -2.24. The number of hydrogen-bond acceptors (Lipinski definition) is 5. The van der Waals surface area contributed by atoms with Gasteiger partial charge in [0.1, 0.15) is 5.51 Å². The summed E-state index contributed by atoms with van der Waals surface area (Å²) in [6.07, 6.45) is 2.51. The van der Waals surface area contributed by atoms with Crippen LogP contribution in [0.1, 0.15) is 12.8 Å². The SMILES string of the molecule is c1nnc(NC2CCSCC2)s1. The summed E-state index contributed by atoms with van der Waals surface area (Å²) in [6.45, 7) is 0. The second kappa shape index (κ2) is 4.09. The van der Waals surface area contributed by atoms with Crippen LogP contribution in [-0.2, 0) is 0 Å². The Kier molecular flexibility index (Phi) is 2.83. The van der Waals surface area contributed by atoms with E-state index in [1.54, 1.807) is 16.8 Å². The molecule has 1 saturated heterocycles. The van der Waals surface area contributed by atoms with Crippen molar-refractivity contribution in [2.24, 2.45) is 0 Å². The zero-order valence-corrected chi connectivity index (χ0v) is 8.33. The van der Waals surface area contributed by atoms with Crippen LogP contribution in [-0.4, -0.2) is 27.7 Å². The van der Waals surface area contributed by atoms with E-state index in [0.29, 0.717) is 6.04 Å². The zero-order valence-electron chi connectivity index (χ0n) is 6.69. The van der Waals surface area contributed by atoms with Crippen molar-refractivity contribution in [3.05, 3.63) is 5.51 Å². The molecule has 66 valence electrons. The molecule has 0 bridgehead atoms. The Bertz CT molecular complexity index is 219. The van der Waals surface area contributed by atoms with Gasteiger partial charge in [-0.3, -0.25) is 0 Å². The number of rotatable bonds is 2. The quantitative estimate of drug-likeness (QED) is 0.792. The van der Waals surface area contributed by atoms with E-state index >= 15 is 0 Å². The molecule has 1 aromatic heterocycles. The van der Waals surface area contributed by atoms with Crippen molar-refractivity contribution in [3.63, 3.8) is 0 Å². The van der Waals surface area contributed by atoms with E-state index in [-0.39, 0.29) is 0 Å². The second-order valence-corrected chi connectivity index (χ2v) is 4.83. The first-order valence-corrected chi connectivity index (χ1v) is 6.09. The molecule has 1 aliphatic heterocycles. The summed E-state index contributed by atoms with van der Waals surface area (Å²) in [6, 6.07) is 0.624. The molecule has 0 atom stereocenters. The van der Waals surface area contributed by atoms with E-state index < -0.39 is 0 Å². The second-order valence-electron chi connectivity index (χ2n) is 2.77. The highest BCUT2D eigenvalue weighted by molar-refractivity contribution is 7.99. The van der Waals surface area contributed by atoms with Gasteiger partial charge in [0.25, 0.3) is 0 Å². The topological polar surface area (TPSA) is 37.8 Å². The highest BCUT2D eigenvalue weighted by atomic mass is 32.2. The van der Waals surface area contributed by atoms with Gasteiger partial charge in [0.2, 0.25) is 5.13 Å². The lowest BCUT2D eigenvalue weighted by atomic mass is 10.2. The number of thioether (sulfide) groups is 1. The molecule has 0 unspecified atom stereocenters. The summed E-state index contributed by atoms with van der Waals surface area (Å²) < 4.78 is 0. The fraction of sp³-hybridized carbons (Fsp3) is 0.714. The van der Waals surface area contributed by atoms with Crippen molar-refractivity contribution in [1.29, 1.82) is 0 Å². The third-order valence-electron chi connectivity index (χ3n) is 1.91. The first-order chi connectivity index (χ1) is 5.95. The number of aromatic nitrogens is 2. The number of anilines is 1. The molecule has 0 aliphatic carbocycles. The summed E-state index contributed by atoms with van der Waals surface area (Å²) >= 11 is 3.62. The van der Waals surface area contributed by atoms with E-state index in [4.69, 9.17) is 0 Å². The van der Waals surface area contributed by atoms with Crippen molar-refractivity contribution in [2.75, 3.05) is 16.8 Å². The van der Waals surface area contributed by atoms with Gasteiger partial charge in [-0.15, -0.1) is 10.2 Å². The molecule has 0 spiro atoms. The van der Waals surface area contributed by atoms with E-state index in [1.807, 2.05) is 11.8 Å². The monoisotopic (exact) mass is 201 g/mol. The Balaban J connectivity index is 1.86. The maximum Gasteiger partial charge on any atom is 0.205 e. The maximum atomic E-state index is 3.96. The maximum absolute atomic E-state index is 3.96. The minimum atomic E-state index is 0.624. The number of hydrogen-bond donors (Lipinski definition) is 1. The van der Waals surface area contributed by atoms with Gasteiger partial charge in [-0.05, 0) is 24.3 Å². The third-order valence-corrected chi connectivity index (χ3v) is 3.58. The van der Waals surface area contributed by atoms with Crippen LogP contribution in [0.25, 0.3) is 0 Å². The van der Waals surface area contributed by atoms with Crippen molar-refractivity contribution in [2.45, 2.75) is 18.9 Å². The summed E-state index contributed by atoms with van der Waals surface area (Å²) in [5.41, 5.74) is 1.76. The van der Waals surface area contributed by atoms with E-state index in [1.165, 1.54) is 24.3 Å². The standard InChI is InChI=1S/C7H11N3S2/c1-3-11-4-2-6(1)9-7-10-8-5-12-7/h5-6H,1-4H2,(H,9,10). The fourth-order valence-electron chi connectivity index (χ4n) is 1.25. The van der Waals surface area contributed by atoms with Crippen LogP contribution >= 0.6 is 23.1 Å². The smallest absolute Gasteiger partial charge is 0.205 e. The summed E-state index contributed by atoms with van der Waals surface area (Å²) in [4.78, 5) is 0. The fourth-order valence-corrected chi connectivity index (χ4v) is 2.88. The van der Waals surface area contributed by atoms with Gasteiger partial charge in [-0.2, -0.15) is 11.8 Å². The average Bonchev–Trinajstić information content (AvgIpc) is 2.59. The summed E-state index contributed by atoms with van der Waals surface area (Å²) in [5.74, 6) is 2.55. The van der Waals surface area contributed by atoms with Gasteiger partial charge >= 0.3 is 0 Å². The first kappa shape index (κ1) is 8.31. The van der Waals surface area contributed by atoms with Gasteiger partial charge in [-0.25, -0.2) is 0 Å². The molecule has 0 saturated carbocycles. The van der Waals surface area contributed by atoms with Crippen LogP contribution in [0.4, 0.5) is 5.13 Å². The van der Waals surface area contributed by atoms with Crippen LogP contribution < -0.4 is 5.32 Å². The molecule has 1 fully saturated rings. The number of nitrogens with zero attached hydrogens (tertiary/aromatic N) is 2. The first-order valence-electron chi connectivity index (χ1n) is 4.05. The minimum Gasteiger partial charge on any atom is -0.357 e. The van der Waals surface area contributed by atoms with Crippen LogP contribution in [0.15, 0.2) is 5.51 Å². The van der Waals surface area contributed by atoms with Crippen molar-refractivity contribution in [3.8, 4) is 0 Å². The van der Waals surface area contributed by atoms with E-state index in [9.17, 15) is 0 Å². The minimum absolute atomic E-state index is 0.624. The lowest BCUT2D eigenvalue weighted by Gasteiger charge is -2.21. The number of nitrogens with one attached hydrogen (secondary N) is 1. The van der Waals surface area contributed by atoms with Gasteiger partial charge < -0.3 is 5.32 Å². The predicted octanol–water partition coefficient (Wildman–Crippen LogP) is 1.85. The van der Waals surface area contributed by atoms with Crippen molar-refractivity contribution < 1.29 is 0 Å². The van der Waals surface area contributed by atoms with Crippen LogP contribution in [0.3, 0.4) is 0 Å². The molecule has 12 heavy (non-hydrogen) atoms. The van der Waals surface area contributed by atoms with Gasteiger partial charge in [0.15, 0.2) is 0 Å². The lowest BCUT2D eigenvalue weighted by molar-refractivity contribution is 0.665. The predicted molar refractivity (Wildman–Crippen MR) is 53.9 cm³/mol. The molecule has 3 nitrogen and oxygen atoms in total. The Labute approximate surface area is 80.0 Å². The Morgan fingerprint density at radius 3 is 2.92 bits per heavy atom. The van der Waals surface area contributed by atoms with Gasteiger partial charge in [0, 0.05) is 6.04 Å². The molecule has 0 amide bonds. The normalized spacial score (nSPS) is 19.3. The van der Waals surface area contributed by atoms with E-state index in [2.05, 4.69) is 15.5 Å². The molecule has 1 aliphatic rings. The molecule has 1 aromatic rings. The highest BCUT2D eigenvalue weighted by Gasteiger charge is 2.13. The molecule has 1 N–H and O–H groups in total. The van der Waals surface area contributed by atoms with Crippen LogP contribution in [0.5, 0.6) is 0 Å². The molecular formula is C7H11N3S2. The van der Waals surface area contributed by atoms with Crippen molar-refractivity contribution in [1.82, 2.24) is 10.2 Å². The average molecular weight is 201 g/mol. The molecular weight excluding hydrogens is 190 g/mol. The van der Waals surface area contributed by atoms with Crippen LogP contribution in [0.2, 0.25) is 0 Å².